The van der Waals surface area contributed by atoms with Gasteiger partial charge in [-0.05, 0) is 19.4 Å². The second kappa shape index (κ2) is 5.82. The lowest BCUT2D eigenvalue weighted by molar-refractivity contribution is -0.385. The minimum Gasteiger partial charge on any atom is -0.328 e. The number of benzene rings is 1. The van der Waals surface area contributed by atoms with Crippen LogP contribution in [0.1, 0.15) is 22.8 Å². The second-order valence-corrected chi connectivity index (χ2v) is 3.75. The molecule has 0 aliphatic carbocycles. The Kier molecular flexibility index (Phi) is 4.44. The number of terminal acetylenes is 1. The van der Waals surface area contributed by atoms with E-state index in [4.69, 9.17) is 6.42 Å². The molecule has 1 aromatic carbocycles. The van der Waals surface area contributed by atoms with Gasteiger partial charge in [-0.3, -0.25) is 14.9 Å². The molecule has 18 heavy (non-hydrogen) atoms. The number of amides is 1. The summed E-state index contributed by atoms with van der Waals surface area (Å²) in [6.07, 6.45) is 5.18. The molecule has 0 aliphatic heterocycles. The van der Waals surface area contributed by atoms with Crippen molar-refractivity contribution >= 4 is 11.6 Å². The highest BCUT2D eigenvalue weighted by Crippen LogP contribution is 2.23. The summed E-state index contributed by atoms with van der Waals surface area (Å²) in [5.74, 6) is 1.97. The van der Waals surface area contributed by atoms with Crippen molar-refractivity contribution in [1.29, 1.82) is 0 Å². The van der Waals surface area contributed by atoms with Gasteiger partial charge < -0.3 is 4.90 Å². The SMILES string of the molecule is C#CCN(CC)C(=O)c1c(C)cccc1[N+](=O)[O-]. The Morgan fingerprint density at radius 1 is 1.56 bits per heavy atom. The highest BCUT2D eigenvalue weighted by Gasteiger charge is 2.25. The maximum atomic E-state index is 12.2. The minimum absolute atomic E-state index is 0.111. The molecule has 5 nitrogen and oxygen atoms in total. The van der Waals surface area contributed by atoms with Gasteiger partial charge in [-0.1, -0.05) is 18.1 Å². The molecule has 0 fully saturated rings. The number of carbonyl (C=O) groups is 1. The minimum atomic E-state index is -0.552. The molecule has 0 unspecified atom stereocenters. The Morgan fingerprint density at radius 2 is 2.22 bits per heavy atom. The number of carbonyl (C=O) groups excluding carboxylic acids is 1. The molecule has 1 aromatic rings. The highest BCUT2D eigenvalue weighted by molar-refractivity contribution is 5.99. The molecular formula is C13H14N2O3. The third kappa shape index (κ3) is 2.66. The number of aryl methyl sites for hydroxylation is 1. The van der Waals surface area contributed by atoms with Gasteiger partial charge in [-0.15, -0.1) is 6.42 Å². The van der Waals surface area contributed by atoms with Crippen LogP contribution in [0.3, 0.4) is 0 Å². The Bertz CT molecular complexity index is 517. The lowest BCUT2D eigenvalue weighted by atomic mass is 10.1. The van der Waals surface area contributed by atoms with Crippen LogP contribution in [0.25, 0.3) is 0 Å². The lowest BCUT2D eigenvalue weighted by Gasteiger charge is -2.18. The first-order valence-corrected chi connectivity index (χ1v) is 5.49. The van der Waals surface area contributed by atoms with E-state index in [1.54, 1.807) is 26.0 Å². The summed E-state index contributed by atoms with van der Waals surface area (Å²) in [5, 5.41) is 10.9. The number of nitrogens with zero attached hydrogens (tertiary/aromatic N) is 2. The first-order chi connectivity index (χ1) is 8.52. The smallest absolute Gasteiger partial charge is 0.282 e. The van der Waals surface area contributed by atoms with Crippen molar-refractivity contribution in [3.8, 4) is 12.3 Å². The molecular weight excluding hydrogens is 232 g/mol. The first kappa shape index (κ1) is 13.7. The van der Waals surface area contributed by atoms with Crippen LogP contribution >= 0.6 is 0 Å². The summed E-state index contributed by atoms with van der Waals surface area (Å²) in [5.41, 5.74) is 0.500. The normalized spacial score (nSPS) is 9.61. The molecule has 0 aliphatic rings. The molecule has 1 rings (SSSR count). The maximum Gasteiger partial charge on any atom is 0.282 e. The van der Waals surface area contributed by atoms with Crippen LogP contribution in [0.2, 0.25) is 0 Å². The standard InChI is InChI=1S/C13H14N2O3/c1-4-9-14(5-2)13(16)12-10(3)7-6-8-11(12)15(17)18/h1,6-8H,5,9H2,2-3H3. The van der Waals surface area contributed by atoms with Crippen LogP contribution in [0.4, 0.5) is 5.69 Å². The van der Waals surface area contributed by atoms with Crippen molar-refractivity contribution in [3.05, 3.63) is 39.4 Å². The zero-order valence-electron chi connectivity index (χ0n) is 10.3. The Hall–Kier alpha value is -2.35. The molecule has 5 heteroatoms. The van der Waals surface area contributed by atoms with E-state index >= 15 is 0 Å². The Labute approximate surface area is 106 Å². The largest absolute Gasteiger partial charge is 0.328 e. The van der Waals surface area contributed by atoms with Gasteiger partial charge in [0.1, 0.15) is 5.56 Å². The van der Waals surface area contributed by atoms with E-state index in [0.717, 1.165) is 0 Å². The molecule has 0 bridgehead atoms. The van der Waals surface area contributed by atoms with Gasteiger partial charge in [-0.25, -0.2) is 0 Å². The van der Waals surface area contributed by atoms with Crippen molar-refractivity contribution in [2.45, 2.75) is 13.8 Å². The molecule has 1 amide bonds. The summed E-state index contributed by atoms with van der Waals surface area (Å²) in [6, 6.07) is 4.55. The summed E-state index contributed by atoms with van der Waals surface area (Å²) >= 11 is 0. The van der Waals surface area contributed by atoms with Gasteiger partial charge >= 0.3 is 0 Å². The molecule has 0 atom stereocenters. The zero-order chi connectivity index (χ0) is 13.7. The van der Waals surface area contributed by atoms with E-state index in [1.807, 2.05) is 0 Å². The molecule has 0 spiro atoms. The van der Waals surface area contributed by atoms with Crippen molar-refractivity contribution in [2.75, 3.05) is 13.1 Å². The predicted octanol–water partition coefficient (Wildman–Crippen LogP) is 2.00. The number of rotatable bonds is 4. The molecule has 0 radical (unpaired) electrons. The van der Waals surface area contributed by atoms with E-state index in [9.17, 15) is 14.9 Å². The average Bonchev–Trinajstić information content (AvgIpc) is 2.34. The van der Waals surface area contributed by atoms with Crippen LogP contribution < -0.4 is 0 Å². The molecule has 0 heterocycles. The fourth-order valence-electron chi connectivity index (χ4n) is 1.68. The number of nitro benzene ring substituents is 1. The summed E-state index contributed by atoms with van der Waals surface area (Å²) in [6.45, 7) is 4.00. The average molecular weight is 246 g/mol. The molecule has 0 aromatic heterocycles. The van der Waals surface area contributed by atoms with Gasteiger partial charge in [0.15, 0.2) is 0 Å². The van der Waals surface area contributed by atoms with Crippen LogP contribution in [0, 0.1) is 29.4 Å². The van der Waals surface area contributed by atoms with Gasteiger partial charge in [0.25, 0.3) is 11.6 Å². The number of nitro groups is 1. The molecule has 94 valence electrons. The Morgan fingerprint density at radius 3 is 2.72 bits per heavy atom. The topological polar surface area (TPSA) is 63.5 Å². The third-order valence-electron chi connectivity index (χ3n) is 2.61. The fourth-order valence-corrected chi connectivity index (χ4v) is 1.68. The van der Waals surface area contributed by atoms with Crippen LogP contribution in [-0.2, 0) is 0 Å². The van der Waals surface area contributed by atoms with Gasteiger partial charge in [0.05, 0.1) is 11.5 Å². The number of hydrogen-bond donors (Lipinski definition) is 0. The van der Waals surface area contributed by atoms with Crippen molar-refractivity contribution in [3.63, 3.8) is 0 Å². The predicted molar refractivity (Wildman–Crippen MR) is 68.2 cm³/mol. The van der Waals surface area contributed by atoms with E-state index in [-0.39, 0.29) is 17.8 Å². The summed E-state index contributed by atoms with van der Waals surface area (Å²) in [4.78, 5) is 24.0. The zero-order valence-corrected chi connectivity index (χ0v) is 10.3. The quantitative estimate of drug-likeness (QED) is 0.463. The van der Waals surface area contributed by atoms with Gasteiger partial charge in [0.2, 0.25) is 0 Å². The van der Waals surface area contributed by atoms with Gasteiger partial charge in [-0.2, -0.15) is 0 Å². The number of hydrogen-bond acceptors (Lipinski definition) is 3. The van der Waals surface area contributed by atoms with Crippen LogP contribution in [0.5, 0.6) is 0 Å². The maximum absolute atomic E-state index is 12.2. The highest BCUT2D eigenvalue weighted by atomic mass is 16.6. The Balaban J connectivity index is 3.28. The van der Waals surface area contributed by atoms with E-state index in [0.29, 0.717) is 12.1 Å². The van der Waals surface area contributed by atoms with Gasteiger partial charge in [0, 0.05) is 12.6 Å². The molecule has 0 saturated heterocycles. The van der Waals surface area contributed by atoms with Crippen molar-refractivity contribution < 1.29 is 9.72 Å². The second-order valence-electron chi connectivity index (χ2n) is 3.75. The van der Waals surface area contributed by atoms with Crippen LogP contribution in [0.15, 0.2) is 18.2 Å². The lowest BCUT2D eigenvalue weighted by Crippen LogP contribution is -2.32. The van der Waals surface area contributed by atoms with E-state index in [2.05, 4.69) is 5.92 Å². The summed E-state index contributed by atoms with van der Waals surface area (Å²) < 4.78 is 0. The van der Waals surface area contributed by atoms with E-state index < -0.39 is 10.8 Å². The van der Waals surface area contributed by atoms with Crippen molar-refractivity contribution in [1.82, 2.24) is 4.90 Å². The van der Waals surface area contributed by atoms with Crippen LogP contribution in [-0.4, -0.2) is 28.8 Å². The fraction of sp³-hybridized carbons (Fsp3) is 0.308. The third-order valence-corrected chi connectivity index (χ3v) is 2.61. The monoisotopic (exact) mass is 246 g/mol. The van der Waals surface area contributed by atoms with E-state index in [1.165, 1.54) is 11.0 Å². The molecule has 0 saturated carbocycles. The summed E-state index contributed by atoms with van der Waals surface area (Å²) in [7, 11) is 0. The molecule has 0 N–H and O–H groups in total. The van der Waals surface area contributed by atoms with Crippen molar-refractivity contribution in [2.24, 2.45) is 0 Å². The first-order valence-electron chi connectivity index (χ1n) is 5.49.